The van der Waals surface area contributed by atoms with Crippen LogP contribution in [0.25, 0.3) is 0 Å². The fourth-order valence-electron chi connectivity index (χ4n) is 1.90. The summed E-state index contributed by atoms with van der Waals surface area (Å²) in [6, 6.07) is 7.88. The maximum Gasteiger partial charge on any atom is 0.0992 e. The number of nitrogens with one attached hydrogen (secondary N) is 1. The van der Waals surface area contributed by atoms with E-state index in [4.69, 9.17) is 11.0 Å². The van der Waals surface area contributed by atoms with E-state index in [1.54, 1.807) is 12.1 Å². The Morgan fingerprint density at radius 3 is 2.94 bits per heavy atom. The molecule has 0 radical (unpaired) electrons. The molecule has 1 unspecified atom stereocenters. The van der Waals surface area contributed by atoms with Crippen molar-refractivity contribution in [3.63, 3.8) is 0 Å². The minimum Gasteiger partial charge on any atom is -0.397 e. The Morgan fingerprint density at radius 1 is 1.38 bits per heavy atom. The molecule has 0 heterocycles. The molecule has 1 aromatic rings. The van der Waals surface area contributed by atoms with Gasteiger partial charge >= 0.3 is 0 Å². The fourth-order valence-corrected chi connectivity index (χ4v) is 1.90. The molecule has 3 nitrogen and oxygen atoms in total. The molecule has 0 aliphatic heterocycles. The molecule has 0 bridgehead atoms. The predicted octanol–water partition coefficient (Wildman–Crippen LogP) is 2.66. The van der Waals surface area contributed by atoms with Gasteiger partial charge in [0.05, 0.1) is 23.0 Å². The minimum absolute atomic E-state index is 0.432. The quantitative estimate of drug-likeness (QED) is 0.586. The first-order chi connectivity index (χ1) is 7.79. The second kappa shape index (κ2) is 4.71. The zero-order valence-electron chi connectivity index (χ0n) is 9.11. The van der Waals surface area contributed by atoms with Crippen LogP contribution < -0.4 is 11.1 Å². The van der Waals surface area contributed by atoms with Crippen LogP contribution in [0.5, 0.6) is 0 Å². The Balaban J connectivity index is 2.14. The molecule has 0 aromatic heterocycles. The van der Waals surface area contributed by atoms with Crippen LogP contribution in [0, 0.1) is 11.3 Å². The lowest BCUT2D eigenvalue weighted by Crippen LogP contribution is -2.20. The highest BCUT2D eigenvalue weighted by molar-refractivity contribution is 5.68. The minimum atomic E-state index is 0.432. The van der Waals surface area contributed by atoms with Gasteiger partial charge in [0, 0.05) is 6.04 Å². The standard InChI is InChI=1S/C13H15N3/c14-9-10-6-7-12(15)13(8-10)16-11-4-2-1-3-5-11/h1-2,6-8,11,16H,3-5,15H2. The molecule has 1 atom stereocenters. The van der Waals surface area contributed by atoms with E-state index in [1.807, 2.05) is 6.07 Å². The largest absolute Gasteiger partial charge is 0.397 e. The number of nitrogens with two attached hydrogens (primary N) is 1. The third-order valence-corrected chi connectivity index (χ3v) is 2.81. The van der Waals surface area contributed by atoms with Gasteiger partial charge in [-0.1, -0.05) is 12.2 Å². The third kappa shape index (κ3) is 2.34. The zero-order valence-corrected chi connectivity index (χ0v) is 9.11. The molecule has 1 aromatic carbocycles. The van der Waals surface area contributed by atoms with Crippen LogP contribution >= 0.6 is 0 Å². The molecular formula is C13H15N3. The molecule has 3 N–H and O–H groups in total. The van der Waals surface area contributed by atoms with E-state index >= 15 is 0 Å². The highest BCUT2D eigenvalue weighted by Crippen LogP contribution is 2.23. The van der Waals surface area contributed by atoms with Crippen LogP contribution in [0.4, 0.5) is 11.4 Å². The van der Waals surface area contributed by atoms with Crippen molar-refractivity contribution < 1.29 is 0 Å². The van der Waals surface area contributed by atoms with Gasteiger partial charge in [-0.05, 0) is 37.5 Å². The van der Waals surface area contributed by atoms with Crippen LogP contribution in [-0.2, 0) is 0 Å². The van der Waals surface area contributed by atoms with E-state index in [9.17, 15) is 0 Å². The van der Waals surface area contributed by atoms with Crippen molar-refractivity contribution in [2.75, 3.05) is 11.1 Å². The van der Waals surface area contributed by atoms with Crippen molar-refractivity contribution in [3.8, 4) is 6.07 Å². The van der Waals surface area contributed by atoms with Crippen molar-refractivity contribution >= 4 is 11.4 Å². The van der Waals surface area contributed by atoms with Crippen LogP contribution in [0.3, 0.4) is 0 Å². The molecule has 0 saturated heterocycles. The van der Waals surface area contributed by atoms with Crippen molar-refractivity contribution in [2.45, 2.75) is 25.3 Å². The summed E-state index contributed by atoms with van der Waals surface area (Å²) in [6.07, 6.45) is 7.64. The normalized spacial score (nSPS) is 19.1. The monoisotopic (exact) mass is 213 g/mol. The Morgan fingerprint density at radius 2 is 2.25 bits per heavy atom. The van der Waals surface area contributed by atoms with E-state index in [0.717, 1.165) is 24.9 Å². The first-order valence-corrected chi connectivity index (χ1v) is 5.51. The first kappa shape index (κ1) is 10.6. The maximum absolute atomic E-state index is 8.83. The Kier molecular flexibility index (Phi) is 3.11. The average Bonchev–Trinajstić information content (AvgIpc) is 2.33. The lowest BCUT2D eigenvalue weighted by Gasteiger charge is -2.21. The smallest absolute Gasteiger partial charge is 0.0992 e. The third-order valence-electron chi connectivity index (χ3n) is 2.81. The molecule has 16 heavy (non-hydrogen) atoms. The van der Waals surface area contributed by atoms with Gasteiger partial charge in [-0.25, -0.2) is 0 Å². The van der Waals surface area contributed by atoms with Crippen LogP contribution in [0.15, 0.2) is 30.4 Å². The number of nitrogens with zero attached hydrogens (tertiary/aromatic N) is 1. The number of rotatable bonds is 2. The molecule has 0 fully saturated rings. The summed E-state index contributed by atoms with van der Waals surface area (Å²) in [4.78, 5) is 0. The highest BCUT2D eigenvalue weighted by atomic mass is 14.9. The fraction of sp³-hybridized carbons (Fsp3) is 0.308. The summed E-state index contributed by atoms with van der Waals surface area (Å²) in [7, 11) is 0. The number of benzene rings is 1. The molecule has 82 valence electrons. The summed E-state index contributed by atoms with van der Waals surface area (Å²) in [5.41, 5.74) is 8.09. The summed E-state index contributed by atoms with van der Waals surface area (Å²) in [5, 5.41) is 12.2. The molecule has 0 saturated carbocycles. The second-order valence-corrected chi connectivity index (χ2v) is 4.04. The van der Waals surface area contributed by atoms with Gasteiger partial charge in [-0.2, -0.15) is 5.26 Å². The number of hydrogen-bond acceptors (Lipinski definition) is 3. The van der Waals surface area contributed by atoms with Crippen molar-refractivity contribution in [1.82, 2.24) is 0 Å². The number of hydrogen-bond donors (Lipinski definition) is 2. The topological polar surface area (TPSA) is 61.8 Å². The van der Waals surface area contributed by atoms with Gasteiger partial charge in [0.15, 0.2) is 0 Å². The number of anilines is 2. The van der Waals surface area contributed by atoms with E-state index in [1.165, 1.54) is 0 Å². The lowest BCUT2D eigenvalue weighted by molar-refractivity contribution is 0.645. The van der Waals surface area contributed by atoms with Crippen molar-refractivity contribution in [2.24, 2.45) is 0 Å². The molecule has 0 spiro atoms. The van der Waals surface area contributed by atoms with Gasteiger partial charge < -0.3 is 11.1 Å². The van der Waals surface area contributed by atoms with Gasteiger partial charge in [0.2, 0.25) is 0 Å². The number of nitrogen functional groups attached to an aromatic ring is 1. The molecule has 2 rings (SSSR count). The number of allylic oxidation sites excluding steroid dienone is 1. The summed E-state index contributed by atoms with van der Waals surface area (Å²) in [5.74, 6) is 0. The van der Waals surface area contributed by atoms with Gasteiger partial charge in [-0.3, -0.25) is 0 Å². The van der Waals surface area contributed by atoms with E-state index in [2.05, 4.69) is 23.5 Å². The maximum atomic E-state index is 8.83. The second-order valence-electron chi connectivity index (χ2n) is 4.04. The highest BCUT2D eigenvalue weighted by Gasteiger charge is 2.11. The first-order valence-electron chi connectivity index (χ1n) is 5.51. The van der Waals surface area contributed by atoms with E-state index in [0.29, 0.717) is 17.3 Å². The summed E-state index contributed by atoms with van der Waals surface area (Å²) < 4.78 is 0. The number of nitriles is 1. The summed E-state index contributed by atoms with van der Waals surface area (Å²) >= 11 is 0. The SMILES string of the molecule is N#Cc1ccc(N)c(NC2CC=CCC2)c1. The van der Waals surface area contributed by atoms with E-state index < -0.39 is 0 Å². The van der Waals surface area contributed by atoms with Gasteiger partial charge in [0.1, 0.15) is 0 Å². The lowest BCUT2D eigenvalue weighted by atomic mass is 10.0. The van der Waals surface area contributed by atoms with Crippen LogP contribution in [0.2, 0.25) is 0 Å². The average molecular weight is 213 g/mol. The molecule has 1 aliphatic rings. The summed E-state index contributed by atoms with van der Waals surface area (Å²) in [6.45, 7) is 0. The van der Waals surface area contributed by atoms with Crippen LogP contribution in [-0.4, -0.2) is 6.04 Å². The Labute approximate surface area is 95.6 Å². The molecule has 3 heteroatoms. The Hall–Kier alpha value is -1.95. The van der Waals surface area contributed by atoms with E-state index in [-0.39, 0.29) is 0 Å². The molecular weight excluding hydrogens is 198 g/mol. The van der Waals surface area contributed by atoms with Gasteiger partial charge in [0.25, 0.3) is 0 Å². The van der Waals surface area contributed by atoms with Crippen molar-refractivity contribution in [1.29, 1.82) is 5.26 Å². The van der Waals surface area contributed by atoms with Crippen molar-refractivity contribution in [3.05, 3.63) is 35.9 Å². The predicted molar refractivity (Wildman–Crippen MR) is 66.0 cm³/mol. The molecule has 0 amide bonds. The van der Waals surface area contributed by atoms with Gasteiger partial charge in [-0.15, -0.1) is 0 Å². The Bertz CT molecular complexity index is 443. The zero-order chi connectivity index (χ0) is 11.4. The van der Waals surface area contributed by atoms with Crippen LogP contribution in [0.1, 0.15) is 24.8 Å². The molecule has 1 aliphatic carbocycles.